The van der Waals surface area contributed by atoms with E-state index in [9.17, 15) is 4.79 Å². The smallest absolute Gasteiger partial charge is 0.317 e. The van der Waals surface area contributed by atoms with Crippen molar-refractivity contribution in [3.8, 4) is 0 Å². The molecule has 0 aliphatic carbocycles. The standard InChI is InChI=1S/C14H27N3O2/c1-3-4-7-16-13(18)17-10-12(2)19-14(11-17)5-8-15-9-6-14/h12,15H,3-11H2,1-2H3,(H,16,18). The predicted molar refractivity (Wildman–Crippen MR) is 75.3 cm³/mol. The molecule has 2 aliphatic rings. The molecule has 5 nitrogen and oxygen atoms in total. The lowest BCUT2D eigenvalue weighted by atomic mass is 9.89. The average Bonchev–Trinajstić information content (AvgIpc) is 2.38. The molecule has 0 saturated carbocycles. The van der Waals surface area contributed by atoms with Crippen molar-refractivity contribution in [3.05, 3.63) is 0 Å². The second-order valence-electron chi connectivity index (χ2n) is 5.83. The molecule has 2 amide bonds. The summed E-state index contributed by atoms with van der Waals surface area (Å²) in [7, 11) is 0. The molecule has 0 radical (unpaired) electrons. The van der Waals surface area contributed by atoms with Crippen molar-refractivity contribution in [1.29, 1.82) is 0 Å². The SMILES string of the molecule is CCCCNC(=O)N1CC(C)OC2(CCNCC2)C1. The molecule has 1 atom stereocenters. The van der Waals surface area contributed by atoms with E-state index in [4.69, 9.17) is 4.74 Å². The first kappa shape index (κ1) is 14.6. The number of nitrogens with zero attached hydrogens (tertiary/aromatic N) is 1. The fourth-order valence-electron chi connectivity index (χ4n) is 3.02. The number of nitrogens with one attached hydrogen (secondary N) is 2. The summed E-state index contributed by atoms with van der Waals surface area (Å²) in [6, 6.07) is 0.0708. The summed E-state index contributed by atoms with van der Waals surface area (Å²) in [4.78, 5) is 14.1. The normalized spacial score (nSPS) is 26.4. The Labute approximate surface area is 116 Å². The Bertz CT molecular complexity index is 303. The zero-order valence-electron chi connectivity index (χ0n) is 12.2. The summed E-state index contributed by atoms with van der Waals surface area (Å²) in [6.07, 6.45) is 4.27. The molecule has 2 rings (SSSR count). The third kappa shape index (κ3) is 3.83. The molecule has 2 aliphatic heterocycles. The zero-order valence-corrected chi connectivity index (χ0v) is 12.2. The van der Waals surface area contributed by atoms with Crippen LogP contribution in [0.25, 0.3) is 0 Å². The van der Waals surface area contributed by atoms with Gasteiger partial charge in [0, 0.05) is 13.1 Å². The number of morpholine rings is 1. The first-order valence-corrected chi connectivity index (χ1v) is 7.56. The maximum atomic E-state index is 12.2. The van der Waals surface area contributed by atoms with Gasteiger partial charge in [-0.25, -0.2) is 4.79 Å². The summed E-state index contributed by atoms with van der Waals surface area (Å²) in [5.74, 6) is 0. The second-order valence-corrected chi connectivity index (χ2v) is 5.83. The Hall–Kier alpha value is -0.810. The third-order valence-electron chi connectivity index (χ3n) is 4.02. The van der Waals surface area contributed by atoms with Crippen LogP contribution in [0.5, 0.6) is 0 Å². The second kappa shape index (κ2) is 6.57. The molecular formula is C14H27N3O2. The molecule has 0 aromatic carbocycles. The van der Waals surface area contributed by atoms with Gasteiger partial charge in [0.05, 0.1) is 18.2 Å². The van der Waals surface area contributed by atoms with Crippen molar-refractivity contribution in [2.45, 2.75) is 51.2 Å². The first-order valence-electron chi connectivity index (χ1n) is 7.56. The molecule has 110 valence electrons. The molecule has 2 fully saturated rings. The highest BCUT2D eigenvalue weighted by Gasteiger charge is 2.41. The molecule has 2 saturated heterocycles. The van der Waals surface area contributed by atoms with E-state index in [-0.39, 0.29) is 17.7 Å². The average molecular weight is 269 g/mol. The van der Waals surface area contributed by atoms with Crippen LogP contribution in [0.3, 0.4) is 0 Å². The molecule has 0 bridgehead atoms. The van der Waals surface area contributed by atoms with E-state index in [0.717, 1.165) is 51.9 Å². The zero-order chi connectivity index (χ0) is 13.7. The number of carbonyl (C=O) groups is 1. The van der Waals surface area contributed by atoms with Crippen molar-refractivity contribution in [3.63, 3.8) is 0 Å². The van der Waals surface area contributed by atoms with Gasteiger partial charge in [-0.15, -0.1) is 0 Å². The number of unbranched alkanes of at least 4 members (excludes halogenated alkanes) is 1. The van der Waals surface area contributed by atoms with Gasteiger partial charge >= 0.3 is 6.03 Å². The Balaban J connectivity index is 1.91. The van der Waals surface area contributed by atoms with Crippen LogP contribution in [-0.4, -0.2) is 55.4 Å². The molecule has 0 aromatic rings. The lowest BCUT2D eigenvalue weighted by Gasteiger charge is -2.47. The van der Waals surface area contributed by atoms with Gasteiger partial charge in [0.2, 0.25) is 0 Å². The fourth-order valence-corrected chi connectivity index (χ4v) is 3.02. The van der Waals surface area contributed by atoms with Gasteiger partial charge in [0.25, 0.3) is 0 Å². The van der Waals surface area contributed by atoms with E-state index in [0.29, 0.717) is 6.54 Å². The number of piperidine rings is 1. The van der Waals surface area contributed by atoms with Gasteiger partial charge in [-0.3, -0.25) is 0 Å². The molecular weight excluding hydrogens is 242 g/mol. The fraction of sp³-hybridized carbons (Fsp3) is 0.929. The third-order valence-corrected chi connectivity index (χ3v) is 4.02. The minimum Gasteiger partial charge on any atom is -0.368 e. The van der Waals surface area contributed by atoms with Crippen molar-refractivity contribution in [1.82, 2.24) is 15.5 Å². The maximum absolute atomic E-state index is 12.2. The van der Waals surface area contributed by atoms with E-state index in [2.05, 4.69) is 24.5 Å². The summed E-state index contributed by atoms with van der Waals surface area (Å²) >= 11 is 0. The predicted octanol–water partition coefficient (Wildman–Crippen LogP) is 1.34. The van der Waals surface area contributed by atoms with Gasteiger partial charge in [0.1, 0.15) is 0 Å². The first-order chi connectivity index (χ1) is 9.15. The lowest BCUT2D eigenvalue weighted by Crippen LogP contribution is -2.61. The van der Waals surface area contributed by atoms with Crippen molar-refractivity contribution >= 4 is 6.03 Å². The van der Waals surface area contributed by atoms with Crippen LogP contribution in [0.2, 0.25) is 0 Å². The van der Waals surface area contributed by atoms with Crippen molar-refractivity contribution < 1.29 is 9.53 Å². The molecule has 5 heteroatoms. The molecule has 19 heavy (non-hydrogen) atoms. The van der Waals surface area contributed by atoms with Crippen LogP contribution in [0, 0.1) is 0 Å². The molecule has 2 heterocycles. The van der Waals surface area contributed by atoms with E-state index in [1.807, 2.05) is 4.90 Å². The number of hydrogen-bond acceptors (Lipinski definition) is 3. The molecule has 1 unspecified atom stereocenters. The van der Waals surface area contributed by atoms with E-state index in [1.54, 1.807) is 0 Å². The Morgan fingerprint density at radius 2 is 2.21 bits per heavy atom. The van der Waals surface area contributed by atoms with Crippen LogP contribution in [0.15, 0.2) is 0 Å². The molecule has 1 spiro atoms. The topological polar surface area (TPSA) is 53.6 Å². The number of rotatable bonds is 3. The number of ether oxygens (including phenoxy) is 1. The monoisotopic (exact) mass is 269 g/mol. The number of urea groups is 1. The summed E-state index contributed by atoms with van der Waals surface area (Å²) in [5.41, 5.74) is -0.120. The Kier molecular flexibility index (Phi) is 5.05. The molecule has 0 aromatic heterocycles. The van der Waals surface area contributed by atoms with Crippen molar-refractivity contribution in [2.75, 3.05) is 32.7 Å². The van der Waals surface area contributed by atoms with E-state index in [1.165, 1.54) is 0 Å². The van der Waals surface area contributed by atoms with E-state index < -0.39 is 0 Å². The summed E-state index contributed by atoms with van der Waals surface area (Å²) < 4.78 is 6.16. The van der Waals surface area contributed by atoms with Gasteiger partial charge in [-0.05, 0) is 39.3 Å². The largest absolute Gasteiger partial charge is 0.368 e. The Morgan fingerprint density at radius 3 is 2.89 bits per heavy atom. The van der Waals surface area contributed by atoms with Gasteiger partial charge in [0.15, 0.2) is 0 Å². The van der Waals surface area contributed by atoms with Crippen LogP contribution in [0.4, 0.5) is 4.79 Å². The minimum atomic E-state index is -0.120. The number of hydrogen-bond donors (Lipinski definition) is 2. The molecule has 2 N–H and O–H groups in total. The highest BCUT2D eigenvalue weighted by atomic mass is 16.5. The van der Waals surface area contributed by atoms with Gasteiger partial charge in [-0.1, -0.05) is 13.3 Å². The van der Waals surface area contributed by atoms with Gasteiger partial charge in [-0.2, -0.15) is 0 Å². The highest BCUT2D eigenvalue weighted by molar-refractivity contribution is 5.74. The minimum absolute atomic E-state index is 0.0708. The van der Waals surface area contributed by atoms with Gasteiger partial charge < -0.3 is 20.3 Å². The lowest BCUT2D eigenvalue weighted by molar-refractivity contribution is -0.150. The summed E-state index contributed by atoms with van der Waals surface area (Å²) in [6.45, 7) is 8.37. The maximum Gasteiger partial charge on any atom is 0.317 e. The number of carbonyl (C=O) groups excluding carboxylic acids is 1. The summed E-state index contributed by atoms with van der Waals surface area (Å²) in [5, 5.41) is 6.37. The number of amides is 2. The van der Waals surface area contributed by atoms with E-state index >= 15 is 0 Å². The quantitative estimate of drug-likeness (QED) is 0.760. The van der Waals surface area contributed by atoms with Crippen LogP contribution in [-0.2, 0) is 4.74 Å². The highest BCUT2D eigenvalue weighted by Crippen LogP contribution is 2.30. The van der Waals surface area contributed by atoms with Crippen LogP contribution in [0.1, 0.15) is 39.5 Å². The Morgan fingerprint density at radius 1 is 1.47 bits per heavy atom. The van der Waals surface area contributed by atoms with Crippen LogP contribution >= 0.6 is 0 Å². The van der Waals surface area contributed by atoms with Crippen molar-refractivity contribution in [2.24, 2.45) is 0 Å². The van der Waals surface area contributed by atoms with Crippen LogP contribution < -0.4 is 10.6 Å².